The van der Waals surface area contributed by atoms with Gasteiger partial charge in [0.05, 0.1) is 12.8 Å². The number of carbonyl (C=O) groups excluding carboxylic acids is 2. The molecule has 0 bridgehead atoms. The van der Waals surface area contributed by atoms with Gasteiger partial charge in [-0.15, -0.1) is 0 Å². The first kappa shape index (κ1) is 13.4. The summed E-state index contributed by atoms with van der Waals surface area (Å²) < 4.78 is 9.11. The van der Waals surface area contributed by atoms with E-state index in [1.54, 1.807) is 6.92 Å². The number of hydrogen-bond acceptors (Lipinski definition) is 6. The second-order valence-electron chi connectivity index (χ2n) is 2.94. The van der Waals surface area contributed by atoms with Crippen LogP contribution in [0.3, 0.4) is 0 Å². The summed E-state index contributed by atoms with van der Waals surface area (Å²) in [5, 5.41) is 0. The largest absolute Gasteiger partial charge is 0.463 e. The zero-order valence-electron chi connectivity index (χ0n) is 9.39. The van der Waals surface area contributed by atoms with Crippen LogP contribution in [-0.4, -0.2) is 28.5 Å². The van der Waals surface area contributed by atoms with Crippen molar-refractivity contribution in [3.8, 4) is 5.75 Å². The lowest BCUT2D eigenvalue weighted by atomic mass is 10.5. The molecule has 0 aromatic carbocycles. The van der Waals surface area contributed by atoms with E-state index in [4.69, 9.17) is 0 Å². The Labute approximate surface area is 100 Å². The standard InChI is InChI=1S/C10H10N2O6/c1-2-17-7(13)3-4-8(14)18-6-5-11-10(16)12-9(6)15/h3-5H,2H2,1H3,(H2,11,12,15,16)/b4-3+. The third-order valence-corrected chi connectivity index (χ3v) is 1.64. The summed E-state index contributed by atoms with van der Waals surface area (Å²) in [4.78, 5) is 47.9. The molecule has 1 aromatic heterocycles. The SMILES string of the molecule is CCOC(=O)/C=C/C(=O)Oc1c[nH]c(=O)[nH]c1=O. The second-order valence-corrected chi connectivity index (χ2v) is 2.94. The minimum Gasteiger partial charge on any atom is -0.463 e. The van der Waals surface area contributed by atoms with Crippen molar-refractivity contribution in [2.24, 2.45) is 0 Å². The summed E-state index contributed by atoms with van der Waals surface area (Å²) in [7, 11) is 0. The van der Waals surface area contributed by atoms with Crippen molar-refractivity contribution in [2.75, 3.05) is 6.61 Å². The normalized spacial score (nSPS) is 10.3. The van der Waals surface area contributed by atoms with Gasteiger partial charge in [0.25, 0.3) is 5.56 Å². The molecule has 1 aromatic rings. The molecule has 0 spiro atoms. The number of nitrogens with one attached hydrogen (secondary N) is 2. The molecule has 96 valence electrons. The van der Waals surface area contributed by atoms with Gasteiger partial charge in [-0.1, -0.05) is 0 Å². The van der Waals surface area contributed by atoms with Crippen LogP contribution in [0.25, 0.3) is 0 Å². The van der Waals surface area contributed by atoms with Crippen LogP contribution in [0.2, 0.25) is 0 Å². The highest BCUT2D eigenvalue weighted by molar-refractivity contribution is 5.92. The molecule has 0 aliphatic carbocycles. The van der Waals surface area contributed by atoms with Crippen molar-refractivity contribution in [3.63, 3.8) is 0 Å². The highest BCUT2D eigenvalue weighted by Gasteiger charge is 2.06. The highest BCUT2D eigenvalue weighted by Crippen LogP contribution is 1.97. The monoisotopic (exact) mass is 254 g/mol. The van der Waals surface area contributed by atoms with E-state index >= 15 is 0 Å². The molecule has 8 nitrogen and oxygen atoms in total. The summed E-state index contributed by atoms with van der Waals surface area (Å²) in [6.45, 7) is 1.79. The average Bonchev–Trinajstić information content (AvgIpc) is 2.31. The Bertz CT molecular complexity index is 583. The van der Waals surface area contributed by atoms with Gasteiger partial charge in [0.15, 0.2) is 0 Å². The summed E-state index contributed by atoms with van der Waals surface area (Å²) in [6, 6.07) is 0. The van der Waals surface area contributed by atoms with Crippen molar-refractivity contribution in [3.05, 3.63) is 39.2 Å². The van der Waals surface area contributed by atoms with Crippen molar-refractivity contribution in [2.45, 2.75) is 6.92 Å². The van der Waals surface area contributed by atoms with Gasteiger partial charge in [0, 0.05) is 12.2 Å². The molecule has 1 heterocycles. The van der Waals surface area contributed by atoms with Gasteiger partial charge in [-0.3, -0.25) is 9.78 Å². The Kier molecular flexibility index (Phi) is 4.61. The lowest BCUT2D eigenvalue weighted by molar-refractivity contribution is -0.138. The van der Waals surface area contributed by atoms with E-state index in [2.05, 4.69) is 14.5 Å². The fraction of sp³-hybridized carbons (Fsp3) is 0.200. The van der Waals surface area contributed by atoms with Crippen molar-refractivity contribution in [1.29, 1.82) is 0 Å². The van der Waals surface area contributed by atoms with E-state index in [0.29, 0.717) is 0 Å². The predicted molar refractivity (Wildman–Crippen MR) is 59.1 cm³/mol. The van der Waals surface area contributed by atoms with Gasteiger partial charge in [-0.2, -0.15) is 0 Å². The molecule has 0 atom stereocenters. The molecule has 18 heavy (non-hydrogen) atoms. The topological polar surface area (TPSA) is 118 Å². The maximum Gasteiger partial charge on any atom is 0.336 e. The number of H-pyrrole nitrogens is 2. The van der Waals surface area contributed by atoms with E-state index in [-0.39, 0.29) is 12.4 Å². The van der Waals surface area contributed by atoms with Crippen LogP contribution in [0, 0.1) is 0 Å². The number of ether oxygens (including phenoxy) is 2. The Morgan fingerprint density at radius 1 is 1.28 bits per heavy atom. The molecule has 0 amide bonds. The lowest BCUT2D eigenvalue weighted by Crippen LogP contribution is -2.24. The van der Waals surface area contributed by atoms with Crippen LogP contribution >= 0.6 is 0 Å². The zero-order valence-corrected chi connectivity index (χ0v) is 9.39. The van der Waals surface area contributed by atoms with Gasteiger partial charge in [-0.25, -0.2) is 14.4 Å². The molecule has 0 saturated carbocycles. The molecule has 1 rings (SSSR count). The number of hydrogen-bond donors (Lipinski definition) is 2. The molecular weight excluding hydrogens is 244 g/mol. The van der Waals surface area contributed by atoms with Crippen molar-refractivity contribution < 1.29 is 19.1 Å². The first-order valence-corrected chi connectivity index (χ1v) is 4.91. The summed E-state index contributed by atoms with van der Waals surface area (Å²) >= 11 is 0. The molecule has 0 aliphatic heterocycles. The van der Waals surface area contributed by atoms with Gasteiger partial charge >= 0.3 is 17.6 Å². The smallest absolute Gasteiger partial charge is 0.336 e. The predicted octanol–water partition coefficient (Wildman–Crippen LogP) is -0.912. The fourth-order valence-corrected chi connectivity index (χ4v) is 0.942. The summed E-state index contributed by atoms with van der Waals surface area (Å²) in [5.74, 6) is -2.03. The van der Waals surface area contributed by atoms with Gasteiger partial charge in [0.1, 0.15) is 0 Å². The number of rotatable bonds is 4. The van der Waals surface area contributed by atoms with Crippen LogP contribution in [0.4, 0.5) is 0 Å². The molecule has 0 radical (unpaired) electrons. The number of esters is 2. The molecule has 8 heteroatoms. The maximum atomic E-state index is 11.2. The first-order valence-electron chi connectivity index (χ1n) is 4.91. The van der Waals surface area contributed by atoms with Crippen LogP contribution in [-0.2, 0) is 14.3 Å². The molecule has 0 aliphatic rings. The van der Waals surface area contributed by atoms with Crippen LogP contribution < -0.4 is 16.0 Å². The van der Waals surface area contributed by atoms with Crippen LogP contribution in [0.15, 0.2) is 27.9 Å². The quantitative estimate of drug-likeness (QED) is 0.530. The number of carbonyl (C=O) groups is 2. The summed E-state index contributed by atoms with van der Waals surface area (Å²) in [6.07, 6.45) is 2.62. The molecular formula is C10H10N2O6. The van der Waals surface area contributed by atoms with Gasteiger partial charge in [0.2, 0.25) is 5.75 Å². The minimum absolute atomic E-state index is 0.178. The fourth-order valence-electron chi connectivity index (χ4n) is 0.942. The highest BCUT2D eigenvalue weighted by atomic mass is 16.5. The number of aromatic nitrogens is 2. The third-order valence-electron chi connectivity index (χ3n) is 1.64. The van der Waals surface area contributed by atoms with E-state index in [0.717, 1.165) is 18.3 Å². The Hall–Kier alpha value is -2.64. The molecule has 0 unspecified atom stereocenters. The van der Waals surface area contributed by atoms with Crippen LogP contribution in [0.5, 0.6) is 5.75 Å². The number of aromatic amines is 2. The van der Waals surface area contributed by atoms with Crippen molar-refractivity contribution in [1.82, 2.24) is 9.97 Å². The minimum atomic E-state index is -0.944. The molecule has 0 fully saturated rings. The molecule has 2 N–H and O–H groups in total. The Morgan fingerprint density at radius 2 is 1.94 bits per heavy atom. The van der Waals surface area contributed by atoms with Gasteiger partial charge < -0.3 is 14.5 Å². The molecule has 0 saturated heterocycles. The lowest BCUT2D eigenvalue weighted by Gasteiger charge is -1.98. The zero-order chi connectivity index (χ0) is 13.5. The Balaban J connectivity index is 2.68. The summed E-state index contributed by atoms with van der Waals surface area (Å²) in [5.41, 5.74) is -1.57. The van der Waals surface area contributed by atoms with E-state index < -0.39 is 23.2 Å². The van der Waals surface area contributed by atoms with E-state index in [1.165, 1.54) is 0 Å². The second kappa shape index (κ2) is 6.18. The Morgan fingerprint density at radius 3 is 2.56 bits per heavy atom. The average molecular weight is 254 g/mol. The maximum absolute atomic E-state index is 11.2. The van der Waals surface area contributed by atoms with Gasteiger partial charge in [-0.05, 0) is 6.92 Å². The van der Waals surface area contributed by atoms with Crippen LogP contribution in [0.1, 0.15) is 6.92 Å². The van der Waals surface area contributed by atoms with E-state index in [9.17, 15) is 19.2 Å². The first-order chi connectivity index (χ1) is 8.52. The van der Waals surface area contributed by atoms with E-state index in [1.807, 2.05) is 4.98 Å². The van der Waals surface area contributed by atoms with Crippen molar-refractivity contribution >= 4 is 11.9 Å². The third kappa shape index (κ3) is 4.08.